The number of rotatable bonds is 3. The highest BCUT2D eigenvalue weighted by Gasteiger charge is 2.76. The summed E-state index contributed by atoms with van der Waals surface area (Å²) in [6.45, 7) is 10.5. The fourth-order valence-corrected chi connectivity index (χ4v) is 15.5. The molecular formula is C31H41BrO2. The van der Waals surface area contributed by atoms with Crippen molar-refractivity contribution in [3.05, 3.63) is 35.4 Å². The molecule has 0 spiro atoms. The van der Waals surface area contributed by atoms with Gasteiger partial charge in [-0.15, -0.1) is 0 Å². The summed E-state index contributed by atoms with van der Waals surface area (Å²) in [7, 11) is 0. The molecule has 8 aliphatic carbocycles. The average molecular weight is 526 g/mol. The molecule has 2 nitrogen and oxygen atoms in total. The molecule has 4 atom stereocenters. The first-order valence-corrected chi connectivity index (χ1v) is 14.5. The molecule has 8 bridgehead atoms. The van der Waals surface area contributed by atoms with E-state index in [0.717, 1.165) is 0 Å². The Bertz CT molecular complexity index is 1030. The minimum absolute atomic E-state index is 0.208. The molecule has 3 heteroatoms. The second kappa shape index (κ2) is 6.00. The van der Waals surface area contributed by atoms with Gasteiger partial charge in [-0.3, -0.25) is 0 Å². The van der Waals surface area contributed by atoms with Crippen LogP contribution in [0.3, 0.4) is 0 Å². The lowest BCUT2D eigenvalue weighted by Crippen LogP contribution is -2.71. The highest BCUT2D eigenvalue weighted by molar-refractivity contribution is 9.10. The van der Waals surface area contributed by atoms with Crippen molar-refractivity contribution in [2.75, 3.05) is 0 Å². The zero-order chi connectivity index (χ0) is 24.0. The largest absolute Gasteiger partial charge is 0.478 e. The van der Waals surface area contributed by atoms with Gasteiger partial charge >= 0.3 is 5.97 Å². The topological polar surface area (TPSA) is 37.3 Å². The van der Waals surface area contributed by atoms with Gasteiger partial charge in [0.1, 0.15) is 0 Å². The summed E-state index contributed by atoms with van der Waals surface area (Å²) in [6.07, 6.45) is 16.5. The lowest BCUT2D eigenvalue weighted by atomic mass is 9.26. The number of hydrogen-bond donors (Lipinski definition) is 1. The molecule has 34 heavy (non-hydrogen) atoms. The molecule has 1 aromatic rings. The Morgan fingerprint density at radius 2 is 1.09 bits per heavy atom. The minimum Gasteiger partial charge on any atom is -0.478 e. The number of alkyl halides is 1. The third kappa shape index (κ3) is 2.83. The molecule has 184 valence electrons. The molecule has 0 aliphatic heterocycles. The van der Waals surface area contributed by atoms with E-state index in [1.54, 1.807) is 0 Å². The second-order valence-electron chi connectivity index (χ2n) is 16.2. The molecule has 0 radical (unpaired) electrons. The van der Waals surface area contributed by atoms with Gasteiger partial charge < -0.3 is 5.11 Å². The summed E-state index contributed by atoms with van der Waals surface area (Å²) < 4.78 is 0.340. The molecule has 0 amide bonds. The van der Waals surface area contributed by atoms with Crippen molar-refractivity contribution in [3.63, 3.8) is 0 Å². The van der Waals surface area contributed by atoms with Crippen molar-refractivity contribution in [1.29, 1.82) is 0 Å². The third-order valence-corrected chi connectivity index (χ3v) is 12.8. The number of halogens is 1. The number of carboxylic acid groups (broad SMARTS) is 1. The molecule has 0 saturated heterocycles. The van der Waals surface area contributed by atoms with Crippen molar-refractivity contribution in [2.45, 2.75) is 114 Å². The molecule has 1 N–H and O–H groups in total. The fourth-order valence-electron chi connectivity index (χ4n) is 13.6. The van der Waals surface area contributed by atoms with E-state index in [4.69, 9.17) is 0 Å². The number of aromatic carboxylic acids is 1. The Labute approximate surface area is 213 Å². The predicted molar refractivity (Wildman–Crippen MR) is 139 cm³/mol. The first-order valence-electron chi connectivity index (χ1n) is 13.7. The van der Waals surface area contributed by atoms with Crippen LogP contribution in [0.15, 0.2) is 24.3 Å². The van der Waals surface area contributed by atoms with Gasteiger partial charge in [0.15, 0.2) is 0 Å². The molecule has 1 aromatic carbocycles. The van der Waals surface area contributed by atoms with E-state index in [1.807, 2.05) is 12.1 Å². The fraction of sp³-hybridized carbons (Fsp3) is 0.774. The highest BCUT2D eigenvalue weighted by Crippen LogP contribution is 2.84. The molecule has 8 saturated carbocycles. The van der Waals surface area contributed by atoms with E-state index in [9.17, 15) is 9.90 Å². The summed E-state index contributed by atoms with van der Waals surface area (Å²) in [5, 5.41) is 9.50. The normalized spacial score (nSPS) is 56.7. The van der Waals surface area contributed by atoms with Gasteiger partial charge in [-0.25, -0.2) is 4.79 Å². The summed E-state index contributed by atoms with van der Waals surface area (Å²) in [4.78, 5) is 11.6. The molecule has 0 aromatic heterocycles. The van der Waals surface area contributed by atoms with E-state index in [1.165, 1.54) is 82.6 Å². The molecule has 9 rings (SSSR count). The molecule has 8 fully saturated rings. The van der Waals surface area contributed by atoms with E-state index in [2.05, 4.69) is 55.8 Å². The average Bonchev–Trinajstić information content (AvgIpc) is 2.61. The predicted octanol–water partition coefficient (Wildman–Crippen LogP) is 8.52. The zero-order valence-corrected chi connectivity index (χ0v) is 23.1. The molecule has 8 aliphatic rings. The Morgan fingerprint density at radius 3 is 1.53 bits per heavy atom. The Morgan fingerprint density at radius 1 is 0.647 bits per heavy atom. The lowest BCUT2D eigenvalue weighted by molar-refractivity contribution is -0.264. The van der Waals surface area contributed by atoms with Crippen LogP contribution < -0.4 is 0 Å². The lowest BCUT2D eigenvalue weighted by Gasteiger charge is -2.79. The van der Waals surface area contributed by atoms with Crippen LogP contribution in [0.2, 0.25) is 0 Å². The van der Waals surface area contributed by atoms with Crippen LogP contribution in [0.4, 0.5) is 0 Å². The third-order valence-electron chi connectivity index (χ3n) is 12.0. The van der Waals surface area contributed by atoms with Gasteiger partial charge in [0.05, 0.1) is 5.56 Å². The van der Waals surface area contributed by atoms with Gasteiger partial charge in [-0.05, 0) is 133 Å². The van der Waals surface area contributed by atoms with Crippen LogP contribution in [0.1, 0.15) is 121 Å². The number of carboxylic acids is 1. The zero-order valence-electron chi connectivity index (χ0n) is 21.5. The Balaban J connectivity index is 1.38. The van der Waals surface area contributed by atoms with Gasteiger partial charge in [0.2, 0.25) is 0 Å². The standard InChI is InChI=1S/C31H41BrO2/c1-24-9-25(2)12-28(11-24,22-7-5-21(6-8-22)23(33)34)19-29(13-24,14-25)30-15-26(3)10-27(4,16-30)18-31(32,17-26)20-30/h5-8H,9-20H2,1-4H3,(H,33,34). The number of hydrogen-bond acceptors (Lipinski definition) is 1. The second-order valence-corrected chi connectivity index (χ2v) is 17.9. The van der Waals surface area contributed by atoms with Gasteiger partial charge in [-0.2, -0.15) is 0 Å². The smallest absolute Gasteiger partial charge is 0.335 e. The Hall–Kier alpha value is -0.830. The van der Waals surface area contributed by atoms with Crippen molar-refractivity contribution < 1.29 is 9.90 Å². The summed E-state index contributed by atoms with van der Waals surface area (Å²) in [5.41, 5.74) is 4.68. The molecule has 4 unspecified atom stereocenters. The molecule has 0 heterocycles. The summed E-state index contributed by atoms with van der Waals surface area (Å²) in [5.74, 6) is -0.815. The van der Waals surface area contributed by atoms with E-state index in [-0.39, 0.29) is 5.41 Å². The minimum atomic E-state index is -0.815. The van der Waals surface area contributed by atoms with Crippen molar-refractivity contribution >= 4 is 21.9 Å². The quantitative estimate of drug-likeness (QED) is 0.402. The maximum atomic E-state index is 11.6. The van der Waals surface area contributed by atoms with Gasteiger partial charge in [0.25, 0.3) is 0 Å². The van der Waals surface area contributed by atoms with Crippen molar-refractivity contribution in [2.24, 2.45) is 32.5 Å². The SMILES string of the molecule is CC12CC3(C)CC(Br)(C1)CC(C14CC5(C)CC(C)(CC(c6ccc(C(=O)O)cc6)(C5)C1)C4)(C2)C3. The van der Waals surface area contributed by atoms with E-state index in [0.29, 0.717) is 42.4 Å². The maximum absolute atomic E-state index is 11.6. The maximum Gasteiger partial charge on any atom is 0.335 e. The van der Waals surface area contributed by atoms with E-state index >= 15 is 0 Å². The Kier molecular flexibility index (Phi) is 3.95. The van der Waals surface area contributed by atoms with Crippen LogP contribution >= 0.6 is 15.9 Å². The first-order chi connectivity index (χ1) is 15.6. The van der Waals surface area contributed by atoms with Crippen molar-refractivity contribution in [1.82, 2.24) is 0 Å². The van der Waals surface area contributed by atoms with Crippen molar-refractivity contribution in [3.8, 4) is 0 Å². The van der Waals surface area contributed by atoms with Crippen LogP contribution in [0.25, 0.3) is 0 Å². The van der Waals surface area contributed by atoms with E-state index < -0.39 is 5.97 Å². The van der Waals surface area contributed by atoms with Crippen LogP contribution in [0.5, 0.6) is 0 Å². The summed E-state index contributed by atoms with van der Waals surface area (Å²) in [6, 6.07) is 8.11. The van der Waals surface area contributed by atoms with Crippen LogP contribution in [0, 0.1) is 32.5 Å². The first kappa shape index (κ1) is 22.4. The van der Waals surface area contributed by atoms with Crippen LogP contribution in [-0.4, -0.2) is 15.4 Å². The number of benzene rings is 1. The summed E-state index contributed by atoms with van der Waals surface area (Å²) >= 11 is 4.39. The highest BCUT2D eigenvalue weighted by atomic mass is 79.9. The molecular weight excluding hydrogens is 484 g/mol. The van der Waals surface area contributed by atoms with Gasteiger partial charge in [0, 0.05) is 4.32 Å². The van der Waals surface area contributed by atoms with Crippen LogP contribution in [-0.2, 0) is 5.41 Å². The monoisotopic (exact) mass is 524 g/mol. The van der Waals surface area contributed by atoms with Gasteiger partial charge in [-0.1, -0.05) is 55.8 Å². The number of carbonyl (C=O) groups is 1.